The molecule has 0 unspecified atom stereocenters. The van der Waals surface area contributed by atoms with Gasteiger partial charge in [0.1, 0.15) is 0 Å². The summed E-state index contributed by atoms with van der Waals surface area (Å²) in [6.45, 7) is 8.01. The minimum Gasteiger partial charge on any atom is -0.381 e. The lowest BCUT2D eigenvalue weighted by atomic mass is 9.87. The smallest absolute Gasteiger partial charge is 0.220 e. The topological polar surface area (TPSA) is 74.8 Å². The van der Waals surface area contributed by atoms with E-state index in [1.165, 1.54) is 32.1 Å². The Morgan fingerprint density at radius 3 is 2.44 bits per heavy atom. The molecule has 0 atom stereocenters. The summed E-state index contributed by atoms with van der Waals surface area (Å²) >= 11 is 0. The largest absolute Gasteiger partial charge is 0.381 e. The zero-order valence-electron chi connectivity index (χ0n) is 16.4. The van der Waals surface area contributed by atoms with Crippen LogP contribution in [0.2, 0.25) is 0 Å². The molecule has 1 saturated carbocycles. The third-order valence-corrected chi connectivity index (χ3v) is 4.37. The fourth-order valence-corrected chi connectivity index (χ4v) is 3.03. The van der Waals surface area contributed by atoms with Crippen molar-refractivity contribution in [2.24, 2.45) is 16.8 Å². The number of hydrogen-bond acceptors (Lipinski definition) is 3. The molecular formula is C19H38N4O2. The average Bonchev–Trinajstić information content (AvgIpc) is 2.60. The van der Waals surface area contributed by atoms with Gasteiger partial charge in [-0.25, -0.2) is 0 Å². The van der Waals surface area contributed by atoms with Crippen LogP contribution in [0, 0.1) is 11.8 Å². The van der Waals surface area contributed by atoms with Crippen LogP contribution in [0.15, 0.2) is 4.99 Å². The molecule has 1 fully saturated rings. The molecule has 3 N–H and O–H groups in total. The first kappa shape index (κ1) is 21.7. The maximum Gasteiger partial charge on any atom is 0.220 e. The number of carbonyl (C=O) groups is 1. The summed E-state index contributed by atoms with van der Waals surface area (Å²) in [5, 5.41) is 9.48. The van der Waals surface area contributed by atoms with Crippen molar-refractivity contribution in [1.82, 2.24) is 16.0 Å². The van der Waals surface area contributed by atoms with E-state index < -0.39 is 0 Å². The van der Waals surface area contributed by atoms with Crippen LogP contribution in [-0.4, -0.2) is 51.8 Å². The Morgan fingerprint density at radius 2 is 1.76 bits per heavy atom. The Balaban J connectivity index is 1.99. The van der Waals surface area contributed by atoms with E-state index in [2.05, 4.69) is 34.8 Å². The van der Waals surface area contributed by atoms with Crippen molar-refractivity contribution < 1.29 is 9.53 Å². The molecule has 25 heavy (non-hydrogen) atoms. The van der Waals surface area contributed by atoms with Crippen molar-refractivity contribution in [2.75, 3.05) is 39.9 Å². The van der Waals surface area contributed by atoms with Gasteiger partial charge < -0.3 is 20.7 Å². The van der Waals surface area contributed by atoms with E-state index in [4.69, 9.17) is 4.74 Å². The van der Waals surface area contributed by atoms with Gasteiger partial charge in [-0.1, -0.05) is 33.1 Å². The molecule has 0 aromatic heterocycles. The molecule has 0 aromatic carbocycles. The van der Waals surface area contributed by atoms with Gasteiger partial charge in [-0.3, -0.25) is 9.79 Å². The third-order valence-electron chi connectivity index (χ3n) is 4.37. The first-order chi connectivity index (χ1) is 12.1. The standard InChI is InChI=1S/C19H38N4O2/c1-16(2)15-25-13-7-10-22-19(20-3)23-12-11-21-18(24)14-17-8-5-4-6-9-17/h16-17H,4-15H2,1-3H3,(H,21,24)(H2,20,22,23). The second-order valence-corrected chi connectivity index (χ2v) is 7.31. The molecule has 6 nitrogen and oxygen atoms in total. The Labute approximate surface area is 153 Å². The summed E-state index contributed by atoms with van der Waals surface area (Å²) in [6.07, 6.45) is 7.95. The lowest BCUT2D eigenvalue weighted by Gasteiger charge is -2.20. The molecule has 6 heteroatoms. The van der Waals surface area contributed by atoms with E-state index in [1.807, 2.05) is 0 Å². The van der Waals surface area contributed by atoms with E-state index in [1.54, 1.807) is 7.05 Å². The normalized spacial score (nSPS) is 16.1. The van der Waals surface area contributed by atoms with E-state index in [-0.39, 0.29) is 5.91 Å². The highest BCUT2D eigenvalue weighted by molar-refractivity contribution is 5.79. The third kappa shape index (κ3) is 11.8. The van der Waals surface area contributed by atoms with Crippen molar-refractivity contribution in [3.63, 3.8) is 0 Å². The number of nitrogens with one attached hydrogen (secondary N) is 3. The average molecular weight is 355 g/mol. The van der Waals surface area contributed by atoms with Crippen molar-refractivity contribution in [1.29, 1.82) is 0 Å². The summed E-state index contributed by atoms with van der Waals surface area (Å²) in [7, 11) is 1.76. The summed E-state index contributed by atoms with van der Waals surface area (Å²) in [6, 6.07) is 0. The molecule has 0 aromatic rings. The number of hydrogen-bond donors (Lipinski definition) is 3. The van der Waals surface area contributed by atoms with Gasteiger partial charge in [-0.2, -0.15) is 0 Å². The number of rotatable bonds is 11. The van der Waals surface area contributed by atoms with E-state index in [0.29, 0.717) is 31.3 Å². The van der Waals surface area contributed by atoms with E-state index >= 15 is 0 Å². The number of carbonyl (C=O) groups excluding carboxylic acids is 1. The van der Waals surface area contributed by atoms with Crippen LogP contribution in [0.3, 0.4) is 0 Å². The van der Waals surface area contributed by atoms with Gasteiger partial charge in [0.15, 0.2) is 5.96 Å². The first-order valence-electron chi connectivity index (χ1n) is 9.90. The van der Waals surface area contributed by atoms with Crippen molar-refractivity contribution in [3.05, 3.63) is 0 Å². The van der Waals surface area contributed by atoms with Gasteiger partial charge in [0.2, 0.25) is 5.91 Å². The molecule has 0 aliphatic heterocycles. The number of nitrogens with zero attached hydrogens (tertiary/aromatic N) is 1. The molecule has 0 bridgehead atoms. The maximum atomic E-state index is 11.9. The quantitative estimate of drug-likeness (QED) is 0.302. The second-order valence-electron chi connectivity index (χ2n) is 7.31. The van der Waals surface area contributed by atoms with Gasteiger partial charge in [-0.15, -0.1) is 0 Å². The number of amides is 1. The van der Waals surface area contributed by atoms with Gasteiger partial charge in [0.25, 0.3) is 0 Å². The number of guanidine groups is 1. The molecule has 0 saturated heterocycles. The highest BCUT2D eigenvalue weighted by Crippen LogP contribution is 2.25. The van der Waals surface area contributed by atoms with Crippen molar-refractivity contribution in [3.8, 4) is 0 Å². The second kappa shape index (κ2) is 13.9. The summed E-state index contributed by atoms with van der Waals surface area (Å²) in [4.78, 5) is 16.1. The molecule has 146 valence electrons. The highest BCUT2D eigenvalue weighted by atomic mass is 16.5. The molecule has 0 spiro atoms. The zero-order chi connectivity index (χ0) is 18.3. The molecule has 1 aliphatic rings. The summed E-state index contributed by atoms with van der Waals surface area (Å²) < 4.78 is 5.55. The minimum absolute atomic E-state index is 0.180. The Bertz CT molecular complexity index is 380. The molecule has 0 radical (unpaired) electrons. The van der Waals surface area contributed by atoms with Crippen LogP contribution in [0.5, 0.6) is 0 Å². The van der Waals surface area contributed by atoms with Gasteiger partial charge in [0, 0.05) is 46.3 Å². The van der Waals surface area contributed by atoms with E-state index in [0.717, 1.165) is 32.1 Å². The summed E-state index contributed by atoms with van der Waals surface area (Å²) in [5.41, 5.74) is 0. The zero-order valence-corrected chi connectivity index (χ0v) is 16.4. The van der Waals surface area contributed by atoms with E-state index in [9.17, 15) is 4.79 Å². The van der Waals surface area contributed by atoms with Gasteiger partial charge >= 0.3 is 0 Å². The Hall–Kier alpha value is -1.30. The number of ether oxygens (including phenoxy) is 1. The Kier molecular flexibility index (Phi) is 12.1. The Morgan fingerprint density at radius 1 is 1.08 bits per heavy atom. The van der Waals surface area contributed by atoms with Gasteiger partial charge in [-0.05, 0) is 31.1 Å². The first-order valence-corrected chi connectivity index (χ1v) is 9.90. The summed E-state index contributed by atoms with van der Waals surface area (Å²) in [5.74, 6) is 2.12. The van der Waals surface area contributed by atoms with Crippen LogP contribution in [0.25, 0.3) is 0 Å². The number of aliphatic imine (C=N–C) groups is 1. The van der Waals surface area contributed by atoms with Crippen LogP contribution >= 0.6 is 0 Å². The predicted molar refractivity (Wildman–Crippen MR) is 104 cm³/mol. The van der Waals surface area contributed by atoms with Crippen LogP contribution in [0.4, 0.5) is 0 Å². The molecule has 0 heterocycles. The lowest BCUT2D eigenvalue weighted by Crippen LogP contribution is -2.42. The monoisotopic (exact) mass is 354 g/mol. The molecular weight excluding hydrogens is 316 g/mol. The highest BCUT2D eigenvalue weighted by Gasteiger charge is 2.16. The SMILES string of the molecule is CN=C(NCCCOCC(C)C)NCCNC(=O)CC1CCCCC1. The molecule has 1 rings (SSSR count). The van der Waals surface area contributed by atoms with Crippen molar-refractivity contribution >= 4 is 11.9 Å². The lowest BCUT2D eigenvalue weighted by molar-refractivity contribution is -0.122. The predicted octanol–water partition coefficient (Wildman–Crippen LogP) is 2.30. The van der Waals surface area contributed by atoms with Crippen molar-refractivity contribution in [2.45, 2.75) is 58.8 Å². The molecule has 1 aliphatic carbocycles. The molecule has 1 amide bonds. The fraction of sp³-hybridized carbons (Fsp3) is 0.895. The fourth-order valence-electron chi connectivity index (χ4n) is 3.03. The van der Waals surface area contributed by atoms with Crippen LogP contribution < -0.4 is 16.0 Å². The van der Waals surface area contributed by atoms with Gasteiger partial charge in [0.05, 0.1) is 0 Å². The van der Waals surface area contributed by atoms with Crippen LogP contribution in [0.1, 0.15) is 58.8 Å². The maximum absolute atomic E-state index is 11.9. The minimum atomic E-state index is 0.180. The van der Waals surface area contributed by atoms with Crippen LogP contribution in [-0.2, 0) is 9.53 Å².